The maximum Gasteiger partial charge on any atom is 0.418 e. The van der Waals surface area contributed by atoms with Crippen molar-refractivity contribution in [2.24, 2.45) is 0 Å². The Balaban J connectivity index is 2.73. The van der Waals surface area contributed by atoms with Gasteiger partial charge in [0.15, 0.2) is 0 Å². The van der Waals surface area contributed by atoms with Crippen LogP contribution in [0.1, 0.15) is 11.1 Å². The molecule has 0 aliphatic carbocycles. The van der Waals surface area contributed by atoms with E-state index in [-0.39, 0.29) is 12.1 Å². The Hall–Kier alpha value is -1.49. The van der Waals surface area contributed by atoms with Crippen LogP contribution >= 0.6 is 0 Å². The first kappa shape index (κ1) is 10.0. The van der Waals surface area contributed by atoms with Crippen molar-refractivity contribution in [3.8, 4) is 0 Å². The highest BCUT2D eigenvalue weighted by molar-refractivity contribution is 5.86. The van der Waals surface area contributed by atoms with Crippen LogP contribution in [0.25, 0.3) is 10.9 Å². The number of rotatable bonds is 1. The fraction of sp³-hybridized carbons (Fsp3) is 0.200. The van der Waals surface area contributed by atoms with E-state index in [1.54, 1.807) is 6.07 Å². The summed E-state index contributed by atoms with van der Waals surface area (Å²) in [5, 5.41) is 9.33. The van der Waals surface area contributed by atoms with Gasteiger partial charge in [-0.15, -0.1) is 0 Å². The van der Waals surface area contributed by atoms with Crippen molar-refractivity contribution >= 4 is 10.9 Å². The number of hydrogen-bond acceptors (Lipinski definition) is 1. The summed E-state index contributed by atoms with van der Waals surface area (Å²) in [6, 6.07) is 3.89. The average molecular weight is 215 g/mol. The highest BCUT2D eigenvalue weighted by atomic mass is 19.4. The van der Waals surface area contributed by atoms with Gasteiger partial charge in [0.1, 0.15) is 0 Å². The number of hydrogen-bond donors (Lipinski definition) is 2. The summed E-state index contributed by atoms with van der Waals surface area (Å²) in [5.74, 6) is 0. The van der Waals surface area contributed by atoms with E-state index in [1.165, 1.54) is 12.3 Å². The molecule has 15 heavy (non-hydrogen) atoms. The third-order valence-corrected chi connectivity index (χ3v) is 2.28. The minimum Gasteiger partial charge on any atom is -0.392 e. The molecule has 2 nitrogen and oxygen atoms in total. The van der Waals surface area contributed by atoms with E-state index in [9.17, 15) is 13.2 Å². The molecule has 1 aromatic heterocycles. The van der Waals surface area contributed by atoms with Gasteiger partial charge in [0.2, 0.25) is 0 Å². The minimum absolute atomic E-state index is 0.0223. The zero-order valence-electron chi connectivity index (χ0n) is 7.60. The quantitative estimate of drug-likeness (QED) is 0.753. The first-order valence-corrected chi connectivity index (χ1v) is 4.31. The maximum atomic E-state index is 12.5. The fourth-order valence-electron chi connectivity index (χ4n) is 1.58. The van der Waals surface area contributed by atoms with Crippen LogP contribution in [0.15, 0.2) is 24.4 Å². The van der Waals surface area contributed by atoms with Crippen LogP contribution in [-0.4, -0.2) is 10.1 Å². The Morgan fingerprint density at radius 3 is 2.60 bits per heavy atom. The smallest absolute Gasteiger partial charge is 0.392 e. The Bertz CT molecular complexity index is 487. The standard InChI is InChI=1S/C10H8F3NO/c11-10(12,13)8-3-1-2-7-6(5-15)4-14-9(7)8/h1-4,14-15H,5H2. The van der Waals surface area contributed by atoms with Gasteiger partial charge in [-0.2, -0.15) is 13.2 Å². The summed E-state index contributed by atoms with van der Waals surface area (Å²) >= 11 is 0. The second kappa shape index (κ2) is 3.27. The van der Waals surface area contributed by atoms with E-state index in [4.69, 9.17) is 5.11 Å². The van der Waals surface area contributed by atoms with E-state index in [1.807, 2.05) is 0 Å². The zero-order chi connectivity index (χ0) is 11.1. The van der Waals surface area contributed by atoms with Gasteiger partial charge >= 0.3 is 6.18 Å². The number of aliphatic hydroxyl groups excluding tert-OH is 1. The normalized spacial score (nSPS) is 12.3. The molecule has 80 valence electrons. The lowest BCUT2D eigenvalue weighted by Gasteiger charge is -2.07. The van der Waals surface area contributed by atoms with Crippen LogP contribution in [0.3, 0.4) is 0 Å². The van der Waals surface area contributed by atoms with Gasteiger partial charge in [-0.05, 0) is 6.07 Å². The molecule has 0 saturated heterocycles. The molecule has 2 N–H and O–H groups in total. The molecule has 5 heteroatoms. The summed E-state index contributed by atoms with van der Waals surface area (Å²) in [6.07, 6.45) is -2.99. The van der Waals surface area contributed by atoms with Crippen molar-refractivity contribution in [1.82, 2.24) is 4.98 Å². The van der Waals surface area contributed by atoms with Crippen LogP contribution in [0.5, 0.6) is 0 Å². The van der Waals surface area contributed by atoms with Crippen molar-refractivity contribution in [3.63, 3.8) is 0 Å². The zero-order valence-corrected chi connectivity index (χ0v) is 7.60. The van der Waals surface area contributed by atoms with Gasteiger partial charge in [-0.25, -0.2) is 0 Å². The minimum atomic E-state index is -4.38. The number of aromatic amines is 1. The summed E-state index contributed by atoms with van der Waals surface area (Å²) in [5.41, 5.74) is -0.218. The third kappa shape index (κ3) is 1.59. The third-order valence-electron chi connectivity index (χ3n) is 2.28. The Kier molecular flexibility index (Phi) is 2.19. The predicted octanol–water partition coefficient (Wildman–Crippen LogP) is 2.68. The second-order valence-corrected chi connectivity index (χ2v) is 3.20. The van der Waals surface area contributed by atoms with Gasteiger partial charge in [-0.1, -0.05) is 12.1 Å². The monoisotopic (exact) mass is 215 g/mol. The largest absolute Gasteiger partial charge is 0.418 e. The number of fused-ring (bicyclic) bond motifs is 1. The molecule has 0 radical (unpaired) electrons. The average Bonchev–Trinajstić information content (AvgIpc) is 2.58. The molecule has 0 fully saturated rings. The number of alkyl halides is 3. The molecule has 0 spiro atoms. The Morgan fingerprint density at radius 2 is 2.00 bits per heavy atom. The molecule has 2 rings (SSSR count). The predicted molar refractivity (Wildman–Crippen MR) is 49.2 cm³/mol. The van der Waals surface area contributed by atoms with E-state index in [0.717, 1.165) is 6.07 Å². The van der Waals surface area contributed by atoms with Gasteiger partial charge in [0, 0.05) is 17.1 Å². The number of para-hydroxylation sites is 1. The van der Waals surface area contributed by atoms with Crippen LogP contribution in [0.4, 0.5) is 13.2 Å². The van der Waals surface area contributed by atoms with Crippen molar-refractivity contribution in [3.05, 3.63) is 35.5 Å². The summed E-state index contributed by atoms with van der Waals surface area (Å²) in [4.78, 5) is 2.53. The molecule has 0 bridgehead atoms. The molecule has 0 atom stereocenters. The molecule has 0 aliphatic rings. The van der Waals surface area contributed by atoms with Crippen molar-refractivity contribution < 1.29 is 18.3 Å². The SMILES string of the molecule is OCc1c[nH]c2c(C(F)(F)F)cccc12. The highest BCUT2D eigenvalue weighted by Crippen LogP contribution is 2.34. The molecule has 0 aliphatic heterocycles. The molecular formula is C10H8F3NO. The van der Waals surface area contributed by atoms with Crippen molar-refractivity contribution in [2.45, 2.75) is 12.8 Å². The molecule has 0 unspecified atom stereocenters. The summed E-state index contributed by atoms with van der Waals surface area (Å²) in [6.45, 7) is -0.276. The van der Waals surface area contributed by atoms with Crippen LogP contribution in [0, 0.1) is 0 Å². The van der Waals surface area contributed by atoms with Gasteiger partial charge in [0.05, 0.1) is 17.7 Å². The topological polar surface area (TPSA) is 36.0 Å². The summed E-state index contributed by atoms with van der Waals surface area (Å²) < 4.78 is 37.6. The van der Waals surface area contributed by atoms with Gasteiger partial charge in [-0.3, -0.25) is 0 Å². The highest BCUT2D eigenvalue weighted by Gasteiger charge is 2.33. The lowest BCUT2D eigenvalue weighted by molar-refractivity contribution is -0.136. The Labute approximate surface area is 83.3 Å². The lowest BCUT2D eigenvalue weighted by Crippen LogP contribution is -2.05. The summed E-state index contributed by atoms with van der Waals surface area (Å²) in [7, 11) is 0. The molecule has 0 saturated carbocycles. The molecule has 2 aromatic rings. The molecule has 0 amide bonds. The van der Waals surface area contributed by atoms with E-state index >= 15 is 0 Å². The molecule has 1 heterocycles. The number of aliphatic hydroxyl groups is 1. The first-order valence-electron chi connectivity index (χ1n) is 4.31. The van der Waals surface area contributed by atoms with Gasteiger partial charge in [0.25, 0.3) is 0 Å². The number of aromatic nitrogens is 1. The Morgan fingerprint density at radius 1 is 1.27 bits per heavy atom. The maximum absolute atomic E-state index is 12.5. The molecular weight excluding hydrogens is 207 g/mol. The number of H-pyrrole nitrogens is 1. The van der Waals surface area contributed by atoms with E-state index in [2.05, 4.69) is 4.98 Å². The van der Waals surface area contributed by atoms with Crippen molar-refractivity contribution in [1.29, 1.82) is 0 Å². The van der Waals surface area contributed by atoms with Crippen LogP contribution in [0.2, 0.25) is 0 Å². The molecule has 1 aromatic carbocycles. The van der Waals surface area contributed by atoms with Crippen molar-refractivity contribution in [2.75, 3.05) is 0 Å². The number of halogens is 3. The number of nitrogens with one attached hydrogen (secondary N) is 1. The van der Waals surface area contributed by atoms with Crippen LogP contribution < -0.4 is 0 Å². The van der Waals surface area contributed by atoms with E-state index < -0.39 is 11.7 Å². The van der Waals surface area contributed by atoms with Crippen LogP contribution in [-0.2, 0) is 12.8 Å². The fourth-order valence-corrected chi connectivity index (χ4v) is 1.58. The second-order valence-electron chi connectivity index (χ2n) is 3.20. The first-order chi connectivity index (χ1) is 7.04. The van der Waals surface area contributed by atoms with Gasteiger partial charge < -0.3 is 10.1 Å². The van der Waals surface area contributed by atoms with E-state index in [0.29, 0.717) is 10.9 Å². The lowest BCUT2D eigenvalue weighted by atomic mass is 10.1. The number of benzene rings is 1.